The van der Waals surface area contributed by atoms with E-state index in [9.17, 15) is 4.79 Å². The van der Waals surface area contributed by atoms with Gasteiger partial charge in [0.05, 0.1) is 0 Å². The molecule has 0 aliphatic carbocycles. The molecule has 1 amide bonds. The summed E-state index contributed by atoms with van der Waals surface area (Å²) in [5.41, 5.74) is 0. The maximum atomic E-state index is 12.6. The highest BCUT2D eigenvalue weighted by Gasteiger charge is 2.23. The molecule has 2 aromatic rings. The molecule has 0 saturated heterocycles. The Hall–Kier alpha value is -2.12. The standard InChI is InChI=1S/C16H20ClN3O4/c1-4-20(9-15-18-14(10-22-3)19-24-15)16(21)11(2)23-13-7-5-6-12(17)8-13/h5-8,11H,4,9-10H2,1-3H3. The minimum absolute atomic E-state index is 0.177. The van der Waals surface area contributed by atoms with E-state index >= 15 is 0 Å². The van der Waals surface area contributed by atoms with Crippen molar-refractivity contribution in [1.29, 1.82) is 0 Å². The average molecular weight is 354 g/mol. The number of likely N-dealkylation sites (N-methyl/N-ethyl adjacent to an activating group) is 1. The quantitative estimate of drug-likeness (QED) is 0.726. The molecule has 7 nitrogen and oxygen atoms in total. The predicted molar refractivity (Wildman–Crippen MR) is 87.6 cm³/mol. The first-order valence-corrected chi connectivity index (χ1v) is 7.92. The van der Waals surface area contributed by atoms with E-state index in [2.05, 4.69) is 10.1 Å². The molecular weight excluding hydrogens is 334 g/mol. The number of amides is 1. The fourth-order valence-electron chi connectivity index (χ4n) is 2.10. The Morgan fingerprint density at radius 1 is 1.46 bits per heavy atom. The lowest BCUT2D eigenvalue weighted by Gasteiger charge is -2.23. The first-order chi connectivity index (χ1) is 11.5. The molecule has 0 fully saturated rings. The molecule has 1 aromatic heterocycles. The smallest absolute Gasteiger partial charge is 0.263 e. The van der Waals surface area contributed by atoms with Crippen LogP contribution in [0.25, 0.3) is 0 Å². The van der Waals surface area contributed by atoms with Gasteiger partial charge in [0.1, 0.15) is 18.9 Å². The number of methoxy groups -OCH3 is 1. The van der Waals surface area contributed by atoms with Gasteiger partial charge in [-0.15, -0.1) is 0 Å². The Kier molecular flexibility index (Phi) is 6.57. The number of carbonyl (C=O) groups is 1. The number of carbonyl (C=O) groups excluding carboxylic acids is 1. The van der Waals surface area contributed by atoms with Gasteiger partial charge in [-0.3, -0.25) is 4.79 Å². The Labute approximate surface area is 145 Å². The lowest BCUT2D eigenvalue weighted by Crippen LogP contribution is -2.40. The van der Waals surface area contributed by atoms with Gasteiger partial charge in [-0.2, -0.15) is 4.98 Å². The zero-order valence-corrected chi connectivity index (χ0v) is 14.6. The van der Waals surface area contributed by atoms with E-state index in [1.807, 2.05) is 6.92 Å². The number of nitrogens with zero attached hydrogens (tertiary/aromatic N) is 3. The summed E-state index contributed by atoms with van der Waals surface area (Å²) in [4.78, 5) is 18.3. The second-order valence-electron chi connectivity index (χ2n) is 5.11. The van der Waals surface area contributed by atoms with E-state index in [-0.39, 0.29) is 19.1 Å². The summed E-state index contributed by atoms with van der Waals surface area (Å²) in [6, 6.07) is 6.92. The third-order valence-electron chi connectivity index (χ3n) is 3.26. The second-order valence-corrected chi connectivity index (χ2v) is 5.54. The normalized spacial score (nSPS) is 12.0. The maximum absolute atomic E-state index is 12.6. The molecule has 0 aliphatic rings. The zero-order chi connectivity index (χ0) is 17.5. The fraction of sp³-hybridized carbons (Fsp3) is 0.438. The van der Waals surface area contributed by atoms with Crippen molar-refractivity contribution < 1.29 is 18.8 Å². The summed E-state index contributed by atoms with van der Waals surface area (Å²) in [6.07, 6.45) is -0.662. The van der Waals surface area contributed by atoms with Gasteiger partial charge < -0.3 is 18.9 Å². The monoisotopic (exact) mass is 353 g/mol. The van der Waals surface area contributed by atoms with Gasteiger partial charge in [0.15, 0.2) is 11.9 Å². The van der Waals surface area contributed by atoms with Crippen LogP contribution in [0, 0.1) is 0 Å². The molecular formula is C16H20ClN3O4. The summed E-state index contributed by atoms with van der Waals surface area (Å²) < 4.78 is 15.7. The summed E-state index contributed by atoms with van der Waals surface area (Å²) >= 11 is 5.92. The largest absolute Gasteiger partial charge is 0.481 e. The van der Waals surface area contributed by atoms with E-state index in [4.69, 9.17) is 25.6 Å². The molecule has 1 heterocycles. The Morgan fingerprint density at radius 2 is 2.25 bits per heavy atom. The molecule has 0 aliphatic heterocycles. The average Bonchev–Trinajstić information content (AvgIpc) is 2.99. The lowest BCUT2D eigenvalue weighted by molar-refractivity contribution is -0.138. The van der Waals surface area contributed by atoms with Crippen LogP contribution in [0.1, 0.15) is 25.6 Å². The zero-order valence-electron chi connectivity index (χ0n) is 13.9. The summed E-state index contributed by atoms with van der Waals surface area (Å²) in [6.45, 7) is 4.53. The van der Waals surface area contributed by atoms with Crippen molar-refractivity contribution in [3.05, 3.63) is 41.0 Å². The number of hydrogen-bond donors (Lipinski definition) is 0. The highest BCUT2D eigenvalue weighted by molar-refractivity contribution is 6.30. The molecule has 0 spiro atoms. The number of aromatic nitrogens is 2. The fourth-order valence-corrected chi connectivity index (χ4v) is 2.28. The van der Waals surface area contributed by atoms with E-state index in [1.165, 1.54) is 0 Å². The predicted octanol–water partition coefficient (Wildman–Crippen LogP) is 2.69. The highest BCUT2D eigenvalue weighted by Crippen LogP contribution is 2.19. The topological polar surface area (TPSA) is 77.7 Å². The van der Waals surface area contributed by atoms with Crippen molar-refractivity contribution >= 4 is 17.5 Å². The van der Waals surface area contributed by atoms with E-state index in [0.717, 1.165) is 0 Å². The molecule has 0 saturated carbocycles. The molecule has 130 valence electrons. The van der Waals surface area contributed by atoms with E-state index < -0.39 is 6.10 Å². The van der Waals surface area contributed by atoms with Crippen LogP contribution in [-0.2, 0) is 22.7 Å². The van der Waals surface area contributed by atoms with Gasteiger partial charge in [0, 0.05) is 18.7 Å². The summed E-state index contributed by atoms with van der Waals surface area (Å²) in [7, 11) is 1.55. The third kappa shape index (κ3) is 4.94. The maximum Gasteiger partial charge on any atom is 0.263 e. The first-order valence-electron chi connectivity index (χ1n) is 7.55. The molecule has 1 unspecified atom stereocenters. The van der Waals surface area contributed by atoms with Gasteiger partial charge in [-0.25, -0.2) is 0 Å². The van der Waals surface area contributed by atoms with E-state index in [0.29, 0.717) is 29.0 Å². The van der Waals surface area contributed by atoms with E-state index in [1.54, 1.807) is 43.2 Å². The first kappa shape index (κ1) is 18.2. The van der Waals surface area contributed by atoms with Crippen molar-refractivity contribution in [2.75, 3.05) is 13.7 Å². The van der Waals surface area contributed by atoms with Crippen LogP contribution in [0.3, 0.4) is 0 Å². The molecule has 1 aromatic carbocycles. The number of halogens is 1. The minimum atomic E-state index is -0.662. The number of ether oxygens (including phenoxy) is 2. The number of benzene rings is 1. The number of hydrogen-bond acceptors (Lipinski definition) is 6. The molecule has 0 N–H and O–H groups in total. The molecule has 0 radical (unpaired) electrons. The van der Waals surface area contributed by atoms with Gasteiger partial charge >= 0.3 is 0 Å². The molecule has 1 atom stereocenters. The van der Waals surface area contributed by atoms with Crippen molar-refractivity contribution in [1.82, 2.24) is 15.0 Å². The Morgan fingerprint density at radius 3 is 2.92 bits per heavy atom. The van der Waals surface area contributed by atoms with Gasteiger partial charge in [0.2, 0.25) is 5.89 Å². The van der Waals surface area contributed by atoms with Crippen molar-refractivity contribution in [2.45, 2.75) is 33.1 Å². The van der Waals surface area contributed by atoms with Crippen molar-refractivity contribution in [3.8, 4) is 5.75 Å². The molecule has 2 rings (SSSR count). The highest BCUT2D eigenvalue weighted by atomic mass is 35.5. The van der Waals surface area contributed by atoms with Crippen molar-refractivity contribution in [2.24, 2.45) is 0 Å². The van der Waals surface area contributed by atoms with Gasteiger partial charge in [0.25, 0.3) is 5.91 Å². The second kappa shape index (κ2) is 8.65. The van der Waals surface area contributed by atoms with Crippen molar-refractivity contribution in [3.63, 3.8) is 0 Å². The van der Waals surface area contributed by atoms with Gasteiger partial charge in [-0.05, 0) is 32.0 Å². The Balaban J connectivity index is 1.98. The van der Waals surface area contributed by atoms with Crippen LogP contribution >= 0.6 is 11.6 Å². The third-order valence-corrected chi connectivity index (χ3v) is 3.49. The minimum Gasteiger partial charge on any atom is -0.481 e. The Bertz CT molecular complexity index is 677. The summed E-state index contributed by atoms with van der Waals surface area (Å²) in [5, 5.41) is 4.33. The number of rotatable bonds is 8. The van der Waals surface area contributed by atoms with Crippen LogP contribution in [0.4, 0.5) is 0 Å². The molecule has 24 heavy (non-hydrogen) atoms. The van der Waals surface area contributed by atoms with Crippen LogP contribution < -0.4 is 4.74 Å². The molecule has 8 heteroatoms. The van der Waals surface area contributed by atoms with Crippen LogP contribution in [0.2, 0.25) is 5.02 Å². The SMILES string of the molecule is CCN(Cc1nc(COC)no1)C(=O)C(C)Oc1cccc(Cl)c1. The summed E-state index contributed by atoms with van der Waals surface area (Å²) in [5.74, 6) is 1.16. The van der Waals surface area contributed by atoms with Crippen LogP contribution in [-0.4, -0.2) is 40.7 Å². The van der Waals surface area contributed by atoms with Crippen LogP contribution in [0.15, 0.2) is 28.8 Å². The molecule has 0 bridgehead atoms. The lowest BCUT2D eigenvalue weighted by atomic mass is 10.3. The van der Waals surface area contributed by atoms with Gasteiger partial charge in [-0.1, -0.05) is 22.8 Å². The van der Waals surface area contributed by atoms with Crippen LogP contribution in [0.5, 0.6) is 5.75 Å².